The van der Waals surface area contributed by atoms with Crippen LogP contribution in [-0.4, -0.2) is 54.7 Å². The zero-order valence-corrected chi connectivity index (χ0v) is 16.2. The molecule has 10 heteroatoms. The molecule has 0 saturated carbocycles. The number of halogens is 1. The fourth-order valence-electron chi connectivity index (χ4n) is 3.14. The first-order chi connectivity index (χ1) is 13.3. The summed E-state index contributed by atoms with van der Waals surface area (Å²) in [6.45, 7) is 0.817. The highest BCUT2D eigenvalue weighted by atomic mass is 32.2. The van der Waals surface area contributed by atoms with Crippen molar-refractivity contribution in [3.63, 3.8) is 0 Å². The van der Waals surface area contributed by atoms with E-state index in [-0.39, 0.29) is 41.9 Å². The van der Waals surface area contributed by atoms with Crippen LogP contribution < -0.4 is 4.87 Å². The largest absolute Gasteiger partial charge is 0.336 e. The van der Waals surface area contributed by atoms with Crippen molar-refractivity contribution in [1.82, 2.24) is 14.2 Å². The number of sulfonamides is 1. The Kier molecular flexibility index (Phi) is 4.77. The Morgan fingerprint density at radius 1 is 1.04 bits per heavy atom. The molecular formula is C18H16FN3O4S2. The Hall–Kier alpha value is -2.56. The molecule has 1 aliphatic heterocycles. The summed E-state index contributed by atoms with van der Waals surface area (Å²) in [6.07, 6.45) is 0. The fourth-order valence-corrected chi connectivity index (χ4v) is 5.44. The summed E-state index contributed by atoms with van der Waals surface area (Å²) in [5.41, 5.74) is 0.967. The third-order valence-electron chi connectivity index (χ3n) is 4.65. The normalized spacial score (nSPS) is 15.8. The average Bonchev–Trinajstić information content (AvgIpc) is 3.07. The molecule has 1 fully saturated rings. The highest BCUT2D eigenvalue weighted by Crippen LogP contribution is 2.23. The Morgan fingerprint density at radius 3 is 2.39 bits per heavy atom. The summed E-state index contributed by atoms with van der Waals surface area (Å²) in [4.78, 5) is 28.0. The quantitative estimate of drug-likeness (QED) is 0.699. The Bertz CT molecular complexity index is 1190. The molecule has 0 unspecified atom stereocenters. The van der Waals surface area contributed by atoms with Gasteiger partial charge in [0.15, 0.2) is 0 Å². The molecular weight excluding hydrogens is 405 g/mol. The first-order valence-corrected chi connectivity index (χ1v) is 10.8. The van der Waals surface area contributed by atoms with Crippen LogP contribution in [-0.2, 0) is 10.0 Å². The number of H-pyrrole nitrogens is 1. The third-order valence-corrected chi connectivity index (χ3v) is 7.39. The zero-order chi connectivity index (χ0) is 19.9. The third kappa shape index (κ3) is 3.46. The molecule has 1 aliphatic rings. The van der Waals surface area contributed by atoms with Crippen LogP contribution in [0, 0.1) is 5.82 Å². The van der Waals surface area contributed by atoms with E-state index in [0.717, 1.165) is 11.3 Å². The van der Waals surface area contributed by atoms with E-state index in [1.807, 2.05) is 0 Å². The van der Waals surface area contributed by atoms with Crippen LogP contribution >= 0.6 is 11.3 Å². The number of piperazine rings is 1. The second kappa shape index (κ2) is 7.12. The minimum absolute atomic E-state index is 0.119. The standard InChI is InChI=1S/C18H16FN3O4S2/c19-13-3-1-12(2-4-13)17(23)21-7-9-22(10-8-21)28(25,26)14-5-6-15-16(11-14)27-18(24)20-15/h1-6,11H,7-10H2,(H,20,24). The summed E-state index contributed by atoms with van der Waals surface area (Å²) in [5.74, 6) is -0.674. The first-order valence-electron chi connectivity index (χ1n) is 8.52. The molecule has 2 heterocycles. The lowest BCUT2D eigenvalue weighted by Gasteiger charge is -2.34. The number of hydrogen-bond acceptors (Lipinski definition) is 5. The Balaban J connectivity index is 1.49. The second-order valence-corrected chi connectivity index (χ2v) is 9.33. The van der Waals surface area contributed by atoms with Crippen molar-refractivity contribution in [3.8, 4) is 0 Å². The van der Waals surface area contributed by atoms with Crippen LogP contribution in [0.15, 0.2) is 52.2 Å². The predicted octanol–water partition coefficient (Wildman–Crippen LogP) is 1.88. The number of nitrogens with one attached hydrogen (secondary N) is 1. The van der Waals surface area contributed by atoms with Gasteiger partial charge >= 0.3 is 4.87 Å². The van der Waals surface area contributed by atoms with Crippen LogP contribution in [0.4, 0.5) is 4.39 Å². The van der Waals surface area contributed by atoms with Gasteiger partial charge in [0.2, 0.25) is 10.0 Å². The monoisotopic (exact) mass is 421 g/mol. The lowest BCUT2D eigenvalue weighted by atomic mass is 10.2. The molecule has 146 valence electrons. The van der Waals surface area contributed by atoms with Gasteiger partial charge in [-0.25, -0.2) is 12.8 Å². The summed E-state index contributed by atoms with van der Waals surface area (Å²) in [6, 6.07) is 9.81. The molecule has 4 rings (SSSR count). The zero-order valence-electron chi connectivity index (χ0n) is 14.6. The number of aromatic amines is 1. The lowest BCUT2D eigenvalue weighted by Crippen LogP contribution is -2.50. The number of aromatic nitrogens is 1. The van der Waals surface area contributed by atoms with Gasteiger partial charge in [-0.2, -0.15) is 4.31 Å². The fraction of sp³-hybridized carbons (Fsp3) is 0.222. The van der Waals surface area contributed by atoms with E-state index in [9.17, 15) is 22.4 Å². The SMILES string of the molecule is O=C(c1ccc(F)cc1)N1CCN(S(=O)(=O)c2ccc3[nH]c(=O)sc3c2)CC1. The minimum Gasteiger partial charge on any atom is -0.336 e. The van der Waals surface area contributed by atoms with E-state index in [4.69, 9.17) is 0 Å². The lowest BCUT2D eigenvalue weighted by molar-refractivity contribution is 0.0698. The second-order valence-electron chi connectivity index (χ2n) is 6.38. The number of hydrogen-bond donors (Lipinski definition) is 1. The molecule has 0 aliphatic carbocycles. The van der Waals surface area contributed by atoms with Crippen molar-refractivity contribution >= 4 is 37.5 Å². The summed E-state index contributed by atoms with van der Waals surface area (Å²) < 4.78 is 40.8. The van der Waals surface area contributed by atoms with Crippen molar-refractivity contribution in [2.75, 3.05) is 26.2 Å². The van der Waals surface area contributed by atoms with Gasteiger partial charge in [0.05, 0.1) is 15.1 Å². The number of nitrogens with zero attached hydrogens (tertiary/aromatic N) is 2. The maximum atomic E-state index is 13.0. The number of benzene rings is 2. The molecule has 0 spiro atoms. The first kappa shape index (κ1) is 18.8. The molecule has 28 heavy (non-hydrogen) atoms. The van der Waals surface area contributed by atoms with E-state index < -0.39 is 15.8 Å². The number of carbonyl (C=O) groups is 1. The maximum absolute atomic E-state index is 13.0. The van der Waals surface area contributed by atoms with Gasteiger partial charge in [-0.05, 0) is 42.5 Å². The molecule has 0 bridgehead atoms. The molecule has 0 radical (unpaired) electrons. The topological polar surface area (TPSA) is 90.6 Å². The average molecular weight is 421 g/mol. The number of carbonyl (C=O) groups excluding carboxylic acids is 1. The van der Waals surface area contributed by atoms with E-state index in [0.29, 0.717) is 15.8 Å². The van der Waals surface area contributed by atoms with Gasteiger partial charge in [-0.3, -0.25) is 9.59 Å². The van der Waals surface area contributed by atoms with E-state index in [2.05, 4.69) is 4.98 Å². The van der Waals surface area contributed by atoms with Crippen molar-refractivity contribution in [3.05, 3.63) is 63.5 Å². The highest BCUT2D eigenvalue weighted by molar-refractivity contribution is 7.89. The smallest absolute Gasteiger partial charge is 0.305 e. The molecule has 0 atom stereocenters. The van der Waals surface area contributed by atoms with Gasteiger partial charge in [-0.15, -0.1) is 0 Å². The Morgan fingerprint density at radius 2 is 1.71 bits per heavy atom. The van der Waals surface area contributed by atoms with Crippen molar-refractivity contribution in [1.29, 1.82) is 0 Å². The van der Waals surface area contributed by atoms with E-state index in [1.54, 1.807) is 11.0 Å². The number of rotatable bonds is 3. The van der Waals surface area contributed by atoms with Gasteiger partial charge in [0.1, 0.15) is 5.82 Å². The molecule has 1 N–H and O–H groups in total. The summed E-state index contributed by atoms with van der Waals surface area (Å²) in [7, 11) is -3.73. The van der Waals surface area contributed by atoms with Gasteiger partial charge in [-0.1, -0.05) is 11.3 Å². The van der Waals surface area contributed by atoms with Crippen LogP contribution in [0.3, 0.4) is 0 Å². The molecule has 1 saturated heterocycles. The minimum atomic E-state index is -3.73. The molecule has 2 aromatic carbocycles. The van der Waals surface area contributed by atoms with Gasteiger partial charge < -0.3 is 9.88 Å². The number of fused-ring (bicyclic) bond motifs is 1. The summed E-state index contributed by atoms with van der Waals surface area (Å²) in [5, 5.41) is 0. The number of thiazole rings is 1. The maximum Gasteiger partial charge on any atom is 0.305 e. The van der Waals surface area contributed by atoms with Crippen molar-refractivity contribution in [2.45, 2.75) is 4.90 Å². The van der Waals surface area contributed by atoms with E-state index >= 15 is 0 Å². The molecule has 1 amide bonds. The van der Waals surface area contributed by atoms with Crippen LogP contribution in [0.1, 0.15) is 10.4 Å². The van der Waals surface area contributed by atoms with Gasteiger partial charge in [0.25, 0.3) is 5.91 Å². The molecule has 3 aromatic rings. The van der Waals surface area contributed by atoms with Crippen LogP contribution in [0.2, 0.25) is 0 Å². The van der Waals surface area contributed by atoms with Crippen LogP contribution in [0.25, 0.3) is 10.2 Å². The highest BCUT2D eigenvalue weighted by Gasteiger charge is 2.30. The van der Waals surface area contributed by atoms with Crippen molar-refractivity contribution < 1.29 is 17.6 Å². The van der Waals surface area contributed by atoms with Crippen LogP contribution in [0.5, 0.6) is 0 Å². The van der Waals surface area contributed by atoms with E-state index in [1.165, 1.54) is 40.7 Å². The van der Waals surface area contributed by atoms with Gasteiger partial charge in [0, 0.05) is 31.7 Å². The van der Waals surface area contributed by atoms with Crippen molar-refractivity contribution in [2.24, 2.45) is 0 Å². The Labute approximate surface area is 164 Å². The molecule has 1 aromatic heterocycles. The predicted molar refractivity (Wildman–Crippen MR) is 104 cm³/mol. The summed E-state index contributed by atoms with van der Waals surface area (Å²) >= 11 is 0.958. The number of amides is 1. The molecule has 7 nitrogen and oxygen atoms in total.